The predicted octanol–water partition coefficient (Wildman–Crippen LogP) is 2.92. The normalized spacial score (nSPS) is 22.6. The Morgan fingerprint density at radius 3 is 2.79 bits per heavy atom. The van der Waals surface area contributed by atoms with Crippen LogP contribution in [0.5, 0.6) is 11.5 Å². The number of rotatable bonds is 2. The van der Waals surface area contributed by atoms with E-state index in [1.165, 1.54) is 42.5 Å². The summed E-state index contributed by atoms with van der Waals surface area (Å²) in [6, 6.07) is 2.92. The van der Waals surface area contributed by atoms with Gasteiger partial charge in [-0.15, -0.1) is 0 Å². The molecule has 1 aromatic rings. The highest BCUT2D eigenvalue weighted by Gasteiger charge is 2.30. The number of piperidine rings is 1. The predicted molar refractivity (Wildman–Crippen MR) is 76.0 cm³/mol. The molecule has 3 rings (SSSR count). The fourth-order valence-corrected chi connectivity index (χ4v) is 3.64. The lowest BCUT2D eigenvalue weighted by molar-refractivity contribution is 0.126. The highest BCUT2D eigenvalue weighted by Crippen LogP contribution is 2.40. The summed E-state index contributed by atoms with van der Waals surface area (Å²) in [7, 11) is 3.45. The number of nitrogens with zero attached hydrogens (tertiary/aromatic N) is 1. The van der Waals surface area contributed by atoms with Crippen molar-refractivity contribution in [3.8, 4) is 11.5 Å². The Balaban J connectivity index is 2.03. The van der Waals surface area contributed by atoms with E-state index < -0.39 is 0 Å². The molecule has 3 nitrogen and oxygen atoms in total. The third-order valence-electron chi connectivity index (χ3n) is 4.70. The fourth-order valence-electron chi connectivity index (χ4n) is 3.64. The number of benzene rings is 1. The molecule has 0 saturated carbocycles. The van der Waals surface area contributed by atoms with Crippen molar-refractivity contribution >= 4 is 0 Å². The first-order chi connectivity index (χ1) is 9.24. The molecule has 0 spiro atoms. The van der Waals surface area contributed by atoms with Crippen LogP contribution in [0.3, 0.4) is 0 Å². The van der Waals surface area contributed by atoms with E-state index in [2.05, 4.69) is 17.9 Å². The molecule has 1 aromatic carbocycles. The molecule has 1 unspecified atom stereocenters. The number of methoxy groups -OCH3 is 2. The van der Waals surface area contributed by atoms with Gasteiger partial charge in [-0.25, -0.2) is 0 Å². The summed E-state index contributed by atoms with van der Waals surface area (Å²) >= 11 is 0. The molecule has 1 saturated heterocycles. The van der Waals surface area contributed by atoms with E-state index in [1.54, 1.807) is 14.2 Å². The third kappa shape index (κ3) is 2.10. The fraction of sp³-hybridized carbons (Fsp3) is 0.625. The number of hydrogen-bond donors (Lipinski definition) is 0. The monoisotopic (exact) mass is 261 g/mol. The minimum atomic E-state index is 0.735. The van der Waals surface area contributed by atoms with Crippen molar-refractivity contribution in [2.75, 3.05) is 20.8 Å². The van der Waals surface area contributed by atoms with Crippen molar-refractivity contribution in [3.05, 3.63) is 22.8 Å². The van der Waals surface area contributed by atoms with Gasteiger partial charge in [0.2, 0.25) is 0 Å². The molecule has 3 heteroatoms. The summed E-state index contributed by atoms with van der Waals surface area (Å²) in [5, 5.41) is 0. The molecule has 0 aromatic heterocycles. The van der Waals surface area contributed by atoms with Crippen molar-refractivity contribution in [2.24, 2.45) is 0 Å². The van der Waals surface area contributed by atoms with Crippen molar-refractivity contribution in [1.29, 1.82) is 0 Å². The number of hydrogen-bond acceptors (Lipinski definition) is 3. The zero-order valence-corrected chi connectivity index (χ0v) is 12.2. The van der Waals surface area contributed by atoms with Crippen LogP contribution >= 0.6 is 0 Å². The van der Waals surface area contributed by atoms with Gasteiger partial charge in [-0.3, -0.25) is 4.90 Å². The molecule has 2 aliphatic rings. The Morgan fingerprint density at radius 1 is 1.21 bits per heavy atom. The second kappa shape index (κ2) is 5.04. The van der Waals surface area contributed by atoms with Crippen LogP contribution in [-0.2, 0) is 13.0 Å². The molecule has 19 heavy (non-hydrogen) atoms. The van der Waals surface area contributed by atoms with Crippen molar-refractivity contribution in [1.82, 2.24) is 4.90 Å². The molecule has 0 radical (unpaired) electrons. The smallest absolute Gasteiger partial charge is 0.163 e. The first kappa shape index (κ1) is 12.8. The van der Waals surface area contributed by atoms with E-state index in [0.717, 1.165) is 30.5 Å². The average Bonchev–Trinajstić information content (AvgIpc) is 2.45. The lowest BCUT2D eigenvalue weighted by Crippen LogP contribution is -2.43. The molecule has 1 atom stereocenters. The van der Waals surface area contributed by atoms with E-state index in [0.29, 0.717) is 0 Å². The first-order valence-electron chi connectivity index (χ1n) is 7.22. The van der Waals surface area contributed by atoms with Crippen LogP contribution in [0.1, 0.15) is 36.0 Å². The van der Waals surface area contributed by atoms with Crippen LogP contribution in [0, 0.1) is 6.92 Å². The minimum absolute atomic E-state index is 0.735. The SMILES string of the molecule is COc1cc2c(c(C)c1OC)CN1CCCCC1C2. The zero-order chi connectivity index (χ0) is 13.4. The summed E-state index contributed by atoms with van der Waals surface area (Å²) in [6.07, 6.45) is 5.23. The molecular formula is C16H23NO2. The highest BCUT2D eigenvalue weighted by molar-refractivity contribution is 5.54. The van der Waals surface area contributed by atoms with E-state index >= 15 is 0 Å². The van der Waals surface area contributed by atoms with Crippen molar-refractivity contribution in [3.63, 3.8) is 0 Å². The maximum Gasteiger partial charge on any atom is 0.163 e. The number of ether oxygens (including phenoxy) is 2. The molecule has 0 bridgehead atoms. The molecule has 104 valence electrons. The molecule has 1 fully saturated rings. The van der Waals surface area contributed by atoms with Crippen LogP contribution in [0.4, 0.5) is 0 Å². The highest BCUT2D eigenvalue weighted by atomic mass is 16.5. The van der Waals surface area contributed by atoms with E-state index in [4.69, 9.17) is 9.47 Å². The van der Waals surface area contributed by atoms with Crippen LogP contribution in [-0.4, -0.2) is 31.7 Å². The first-order valence-corrected chi connectivity index (χ1v) is 7.22. The van der Waals surface area contributed by atoms with E-state index in [1.807, 2.05) is 0 Å². The summed E-state index contributed by atoms with van der Waals surface area (Å²) in [5.74, 6) is 1.78. The summed E-state index contributed by atoms with van der Waals surface area (Å²) in [5.41, 5.74) is 4.16. The van der Waals surface area contributed by atoms with Crippen LogP contribution in [0.25, 0.3) is 0 Å². The second-order valence-corrected chi connectivity index (χ2v) is 5.70. The van der Waals surface area contributed by atoms with Gasteiger partial charge in [-0.1, -0.05) is 6.42 Å². The summed E-state index contributed by atoms with van der Waals surface area (Å²) in [6.45, 7) is 4.48. The zero-order valence-electron chi connectivity index (χ0n) is 12.2. The molecule has 0 amide bonds. The van der Waals surface area contributed by atoms with Crippen LogP contribution in [0.2, 0.25) is 0 Å². The third-order valence-corrected chi connectivity index (χ3v) is 4.70. The summed E-state index contributed by atoms with van der Waals surface area (Å²) in [4.78, 5) is 2.64. The average molecular weight is 261 g/mol. The Hall–Kier alpha value is -1.22. The standard InChI is InChI=1S/C16H23NO2/c1-11-14-10-17-7-5-4-6-13(17)8-12(14)9-15(18-2)16(11)19-3/h9,13H,4-8,10H2,1-3H3. The molecule has 0 aliphatic carbocycles. The largest absolute Gasteiger partial charge is 0.493 e. The van der Waals surface area contributed by atoms with Gasteiger partial charge in [-0.2, -0.15) is 0 Å². The van der Waals surface area contributed by atoms with Gasteiger partial charge in [0.15, 0.2) is 11.5 Å². The Bertz CT molecular complexity index is 484. The van der Waals surface area contributed by atoms with Crippen LogP contribution < -0.4 is 9.47 Å². The van der Waals surface area contributed by atoms with Crippen molar-refractivity contribution in [2.45, 2.75) is 45.2 Å². The van der Waals surface area contributed by atoms with Crippen LogP contribution in [0.15, 0.2) is 6.07 Å². The van der Waals surface area contributed by atoms with Gasteiger partial charge in [0.1, 0.15) is 0 Å². The maximum atomic E-state index is 5.53. The minimum Gasteiger partial charge on any atom is -0.493 e. The molecule has 2 heterocycles. The second-order valence-electron chi connectivity index (χ2n) is 5.70. The van der Waals surface area contributed by atoms with Gasteiger partial charge in [0, 0.05) is 12.6 Å². The molecule has 0 N–H and O–H groups in total. The van der Waals surface area contributed by atoms with Gasteiger partial charge < -0.3 is 9.47 Å². The van der Waals surface area contributed by atoms with Gasteiger partial charge >= 0.3 is 0 Å². The Labute approximate surface area is 115 Å². The van der Waals surface area contributed by atoms with Gasteiger partial charge in [0.25, 0.3) is 0 Å². The van der Waals surface area contributed by atoms with E-state index in [9.17, 15) is 0 Å². The summed E-state index contributed by atoms with van der Waals surface area (Å²) < 4.78 is 11.0. The lowest BCUT2D eigenvalue weighted by atomic mass is 9.86. The van der Waals surface area contributed by atoms with Crippen molar-refractivity contribution < 1.29 is 9.47 Å². The topological polar surface area (TPSA) is 21.7 Å². The lowest BCUT2D eigenvalue weighted by Gasteiger charge is -2.41. The maximum absolute atomic E-state index is 5.53. The van der Waals surface area contributed by atoms with Gasteiger partial charge in [-0.05, 0) is 55.5 Å². The van der Waals surface area contributed by atoms with E-state index in [-0.39, 0.29) is 0 Å². The Morgan fingerprint density at radius 2 is 2.05 bits per heavy atom. The number of fused-ring (bicyclic) bond motifs is 2. The Kier molecular flexibility index (Phi) is 3.40. The molecular weight excluding hydrogens is 238 g/mol. The van der Waals surface area contributed by atoms with Gasteiger partial charge in [0.05, 0.1) is 14.2 Å². The molecule has 2 aliphatic heterocycles. The quantitative estimate of drug-likeness (QED) is 0.817.